The Bertz CT molecular complexity index is 1220. The van der Waals surface area contributed by atoms with Crippen LogP contribution in [0.25, 0.3) is 16.9 Å². The number of nitrogens with zero attached hydrogens (tertiary/aromatic N) is 3. The van der Waals surface area contributed by atoms with E-state index < -0.39 is 0 Å². The molecule has 4 aromatic rings. The number of furan rings is 1. The van der Waals surface area contributed by atoms with E-state index in [0.717, 1.165) is 28.1 Å². The van der Waals surface area contributed by atoms with Gasteiger partial charge in [0.2, 0.25) is 5.91 Å². The van der Waals surface area contributed by atoms with Crippen LogP contribution in [0.1, 0.15) is 16.5 Å². The SMILES string of the molecule is O=C1CSC(c2cn(-c3ccc(Cl)cc3)nc2-c2ccoc2)N1CCc1ccc(O)cc1. The molecule has 0 bridgehead atoms. The number of thioether (sulfide) groups is 1. The number of phenolic OH excluding ortho intramolecular Hbond substituents is 1. The minimum absolute atomic E-state index is 0.108. The van der Waals surface area contributed by atoms with Crippen molar-refractivity contribution in [1.82, 2.24) is 14.7 Å². The van der Waals surface area contributed by atoms with Crippen LogP contribution in [0.15, 0.2) is 77.7 Å². The number of hydrogen-bond acceptors (Lipinski definition) is 5. The van der Waals surface area contributed by atoms with Gasteiger partial charge in [0.05, 0.1) is 24.0 Å². The molecule has 6 nitrogen and oxygen atoms in total. The van der Waals surface area contributed by atoms with Gasteiger partial charge in [-0.05, 0) is 54.4 Å². The predicted molar refractivity (Wildman–Crippen MR) is 125 cm³/mol. The molecule has 1 amide bonds. The van der Waals surface area contributed by atoms with Crippen molar-refractivity contribution in [2.24, 2.45) is 0 Å². The lowest BCUT2D eigenvalue weighted by atomic mass is 10.1. The van der Waals surface area contributed by atoms with Crippen LogP contribution in [0.2, 0.25) is 5.02 Å². The van der Waals surface area contributed by atoms with Gasteiger partial charge in [0.15, 0.2) is 0 Å². The Balaban J connectivity index is 1.48. The van der Waals surface area contributed by atoms with Gasteiger partial charge in [-0.15, -0.1) is 11.8 Å². The normalized spacial score (nSPS) is 16.1. The third kappa shape index (κ3) is 4.13. The van der Waals surface area contributed by atoms with E-state index in [0.29, 0.717) is 23.7 Å². The number of phenols is 1. The molecule has 162 valence electrons. The summed E-state index contributed by atoms with van der Waals surface area (Å²) in [6, 6.07) is 16.4. The molecule has 3 heterocycles. The van der Waals surface area contributed by atoms with Gasteiger partial charge in [0.1, 0.15) is 16.8 Å². The maximum Gasteiger partial charge on any atom is 0.233 e. The maximum absolute atomic E-state index is 12.8. The maximum atomic E-state index is 12.8. The largest absolute Gasteiger partial charge is 0.508 e. The Labute approximate surface area is 194 Å². The number of carbonyl (C=O) groups is 1. The second kappa shape index (κ2) is 8.76. The first kappa shape index (κ1) is 20.7. The summed E-state index contributed by atoms with van der Waals surface area (Å²) in [6.07, 6.45) is 5.97. The minimum atomic E-state index is -0.148. The molecule has 1 unspecified atom stereocenters. The molecule has 5 rings (SSSR count). The van der Waals surface area contributed by atoms with Crippen LogP contribution < -0.4 is 0 Å². The van der Waals surface area contributed by atoms with Gasteiger partial charge >= 0.3 is 0 Å². The lowest BCUT2D eigenvalue weighted by Gasteiger charge is -2.24. The lowest BCUT2D eigenvalue weighted by molar-refractivity contribution is -0.128. The Morgan fingerprint density at radius 3 is 2.62 bits per heavy atom. The van der Waals surface area contributed by atoms with E-state index in [2.05, 4.69) is 0 Å². The van der Waals surface area contributed by atoms with Crippen molar-refractivity contribution in [3.8, 4) is 22.7 Å². The molecule has 0 aliphatic carbocycles. The molecule has 0 radical (unpaired) electrons. The first-order valence-electron chi connectivity index (χ1n) is 10.2. The highest BCUT2D eigenvalue weighted by molar-refractivity contribution is 8.00. The summed E-state index contributed by atoms with van der Waals surface area (Å²) >= 11 is 7.65. The standard InChI is InChI=1S/C24H20ClN3O3S/c25-18-3-5-19(6-4-18)28-13-21(23(26-28)17-10-12-31-14-17)24-27(22(30)15-32-24)11-9-16-1-7-20(29)8-2-16/h1-8,10,12-14,24,29H,9,11,15H2. The zero-order chi connectivity index (χ0) is 22.1. The van der Waals surface area contributed by atoms with Gasteiger partial charge in [0, 0.05) is 28.9 Å². The van der Waals surface area contributed by atoms with Crippen LogP contribution in [-0.2, 0) is 11.2 Å². The summed E-state index contributed by atoms with van der Waals surface area (Å²) in [5.41, 5.74) is 4.57. The molecule has 2 aromatic heterocycles. The first-order valence-corrected chi connectivity index (χ1v) is 11.6. The van der Waals surface area contributed by atoms with Gasteiger partial charge in [-0.25, -0.2) is 4.68 Å². The highest BCUT2D eigenvalue weighted by atomic mass is 35.5. The monoisotopic (exact) mass is 465 g/mol. The molecule has 1 fully saturated rings. The third-order valence-electron chi connectivity index (χ3n) is 5.44. The van der Waals surface area contributed by atoms with Crippen LogP contribution in [-0.4, -0.2) is 38.0 Å². The minimum Gasteiger partial charge on any atom is -0.508 e. The Kier molecular flexibility index (Phi) is 5.68. The molecule has 1 atom stereocenters. The zero-order valence-corrected chi connectivity index (χ0v) is 18.6. The molecule has 1 aliphatic heterocycles. The molecule has 1 saturated heterocycles. The Hall–Kier alpha value is -3.16. The fraction of sp³-hybridized carbons (Fsp3) is 0.167. The van der Waals surface area contributed by atoms with E-state index in [-0.39, 0.29) is 17.0 Å². The summed E-state index contributed by atoms with van der Waals surface area (Å²) in [5, 5.41) is 14.8. The third-order valence-corrected chi connectivity index (χ3v) is 6.93. The number of amides is 1. The van der Waals surface area contributed by atoms with Crippen molar-refractivity contribution in [2.75, 3.05) is 12.3 Å². The second-order valence-corrected chi connectivity index (χ2v) is 9.04. The van der Waals surface area contributed by atoms with E-state index in [1.807, 2.05) is 58.2 Å². The predicted octanol–water partition coefficient (Wildman–Crippen LogP) is 5.31. The summed E-state index contributed by atoms with van der Waals surface area (Å²) < 4.78 is 7.12. The molecule has 8 heteroatoms. The molecular weight excluding hydrogens is 446 g/mol. The fourth-order valence-corrected chi connectivity index (χ4v) is 5.13. The smallest absolute Gasteiger partial charge is 0.233 e. The van der Waals surface area contributed by atoms with Crippen LogP contribution in [0.4, 0.5) is 0 Å². The second-order valence-electron chi connectivity index (χ2n) is 7.53. The molecule has 0 saturated carbocycles. The van der Waals surface area contributed by atoms with Crippen LogP contribution >= 0.6 is 23.4 Å². The molecule has 1 N–H and O–H groups in total. The van der Waals surface area contributed by atoms with Gasteiger partial charge in [-0.1, -0.05) is 23.7 Å². The van der Waals surface area contributed by atoms with Crippen molar-refractivity contribution in [2.45, 2.75) is 11.8 Å². The number of aromatic hydroxyl groups is 1. The first-order chi connectivity index (χ1) is 15.6. The highest BCUT2D eigenvalue weighted by Crippen LogP contribution is 2.43. The van der Waals surface area contributed by atoms with Gasteiger partial charge in [-0.2, -0.15) is 5.10 Å². The molecular formula is C24H20ClN3O3S. The van der Waals surface area contributed by atoms with E-state index in [4.69, 9.17) is 21.1 Å². The van der Waals surface area contributed by atoms with Crippen molar-refractivity contribution >= 4 is 29.3 Å². The molecule has 32 heavy (non-hydrogen) atoms. The van der Waals surface area contributed by atoms with E-state index in [1.54, 1.807) is 36.4 Å². The summed E-state index contributed by atoms with van der Waals surface area (Å²) in [4.78, 5) is 14.7. The van der Waals surface area contributed by atoms with Gasteiger partial charge in [0.25, 0.3) is 0 Å². The molecule has 2 aromatic carbocycles. The number of benzene rings is 2. The number of hydrogen-bond donors (Lipinski definition) is 1. The van der Waals surface area contributed by atoms with Crippen LogP contribution in [0, 0.1) is 0 Å². The van der Waals surface area contributed by atoms with Gasteiger partial charge in [-0.3, -0.25) is 4.79 Å². The number of rotatable bonds is 6. The average molecular weight is 466 g/mol. The average Bonchev–Trinajstić information content (AvgIpc) is 3.53. The molecule has 1 aliphatic rings. The number of carbonyl (C=O) groups excluding carboxylic acids is 1. The van der Waals surface area contributed by atoms with Crippen LogP contribution in [0.5, 0.6) is 5.75 Å². The van der Waals surface area contributed by atoms with Crippen molar-refractivity contribution in [1.29, 1.82) is 0 Å². The summed E-state index contributed by atoms with van der Waals surface area (Å²) in [5.74, 6) is 0.770. The van der Waals surface area contributed by atoms with Crippen molar-refractivity contribution < 1.29 is 14.3 Å². The summed E-state index contributed by atoms with van der Waals surface area (Å²) in [7, 11) is 0. The quantitative estimate of drug-likeness (QED) is 0.418. The highest BCUT2D eigenvalue weighted by Gasteiger charge is 2.35. The summed E-state index contributed by atoms with van der Waals surface area (Å²) in [6.45, 7) is 0.582. The van der Waals surface area contributed by atoms with E-state index in [1.165, 1.54) is 0 Å². The topological polar surface area (TPSA) is 71.5 Å². The van der Waals surface area contributed by atoms with E-state index in [9.17, 15) is 9.90 Å². The lowest BCUT2D eigenvalue weighted by Crippen LogP contribution is -2.30. The zero-order valence-electron chi connectivity index (χ0n) is 17.0. The Morgan fingerprint density at radius 1 is 1.12 bits per heavy atom. The number of aromatic nitrogens is 2. The van der Waals surface area contributed by atoms with Gasteiger partial charge < -0.3 is 14.4 Å². The van der Waals surface area contributed by atoms with Crippen molar-refractivity contribution in [3.05, 3.63) is 89.5 Å². The fourth-order valence-electron chi connectivity index (χ4n) is 3.78. The van der Waals surface area contributed by atoms with Crippen LogP contribution in [0.3, 0.4) is 0 Å². The Morgan fingerprint density at radius 2 is 1.91 bits per heavy atom. The van der Waals surface area contributed by atoms with E-state index >= 15 is 0 Å². The number of halogens is 1. The molecule has 0 spiro atoms. The van der Waals surface area contributed by atoms with Crippen molar-refractivity contribution in [3.63, 3.8) is 0 Å².